The van der Waals surface area contributed by atoms with Crippen LogP contribution in [0.5, 0.6) is 0 Å². The number of rotatable bonds is 3. The lowest BCUT2D eigenvalue weighted by Gasteiger charge is -2.32. The summed E-state index contributed by atoms with van der Waals surface area (Å²) < 4.78 is 11.9. The lowest BCUT2D eigenvalue weighted by Crippen LogP contribution is -2.41. The van der Waals surface area contributed by atoms with E-state index in [4.69, 9.17) is 20.9 Å². The lowest BCUT2D eigenvalue weighted by atomic mass is 9.77. The predicted octanol–water partition coefficient (Wildman–Crippen LogP) is 3.05. The number of aromatic nitrogens is 1. The summed E-state index contributed by atoms with van der Waals surface area (Å²) in [6.07, 6.45) is 3.49. The normalized spacial score (nSPS) is 20.9. The van der Waals surface area contributed by atoms with Crippen molar-refractivity contribution in [1.29, 1.82) is 0 Å². The quantitative estimate of drug-likeness (QED) is 0.689. The van der Waals surface area contributed by atoms with Gasteiger partial charge >= 0.3 is 7.12 Å². The minimum absolute atomic E-state index is 0.140. The van der Waals surface area contributed by atoms with Gasteiger partial charge in [-0.3, -0.25) is 0 Å². The molecule has 114 valence electrons. The average molecular weight is 310 g/mol. The van der Waals surface area contributed by atoms with Crippen LogP contribution >= 0.6 is 11.6 Å². The molecule has 2 rings (SSSR count). The summed E-state index contributed by atoms with van der Waals surface area (Å²) in [5, 5.41) is 10.1. The Morgan fingerprint density at radius 3 is 2.38 bits per heavy atom. The summed E-state index contributed by atoms with van der Waals surface area (Å²) in [5.74, 6) is 0. The molecule has 1 aromatic heterocycles. The van der Waals surface area contributed by atoms with Gasteiger partial charge in [0.15, 0.2) is 0 Å². The Bertz CT molecular complexity index is 556. The van der Waals surface area contributed by atoms with E-state index in [9.17, 15) is 5.11 Å². The van der Waals surface area contributed by atoms with Gasteiger partial charge in [-0.05, 0) is 57.3 Å². The van der Waals surface area contributed by atoms with Gasteiger partial charge in [-0.25, -0.2) is 4.98 Å². The highest BCUT2D eigenvalue weighted by Crippen LogP contribution is 2.38. The van der Waals surface area contributed by atoms with Crippen LogP contribution in [0.4, 0.5) is 0 Å². The summed E-state index contributed by atoms with van der Waals surface area (Å²) in [5.41, 5.74) is 1.55. The summed E-state index contributed by atoms with van der Waals surface area (Å²) in [7, 11) is -0.559. The van der Waals surface area contributed by atoms with E-state index in [0.717, 1.165) is 11.1 Å². The van der Waals surface area contributed by atoms with Gasteiger partial charge in [0.1, 0.15) is 5.15 Å². The Morgan fingerprint density at radius 1 is 1.33 bits per heavy atom. The Labute approximate surface area is 131 Å². The molecular weight excluding hydrogens is 288 g/mol. The SMILES string of the molecule is Cc1cc(C=C(CO)B2OC(C)(C)C(C)(C)O2)cnc1Cl. The number of aliphatic hydroxyl groups excluding tert-OH is 1. The molecule has 4 nitrogen and oxygen atoms in total. The molecule has 2 heterocycles. The first-order valence-corrected chi connectivity index (χ1v) is 7.33. The molecule has 0 amide bonds. The van der Waals surface area contributed by atoms with Crippen LogP contribution in [0.25, 0.3) is 6.08 Å². The van der Waals surface area contributed by atoms with Gasteiger partial charge in [0, 0.05) is 6.20 Å². The molecule has 1 fully saturated rings. The molecule has 0 spiro atoms. The summed E-state index contributed by atoms with van der Waals surface area (Å²) in [6.45, 7) is 9.68. The zero-order chi connectivity index (χ0) is 15.8. The number of pyridine rings is 1. The maximum absolute atomic E-state index is 9.64. The molecule has 0 radical (unpaired) electrons. The number of aryl methyl sites for hydroxylation is 1. The number of halogens is 1. The van der Waals surface area contributed by atoms with Crippen molar-refractivity contribution in [2.75, 3.05) is 6.61 Å². The van der Waals surface area contributed by atoms with Crippen molar-refractivity contribution >= 4 is 24.8 Å². The Hall–Kier alpha value is -0.875. The van der Waals surface area contributed by atoms with Crippen LogP contribution < -0.4 is 0 Å². The molecule has 1 aromatic rings. The summed E-state index contributed by atoms with van der Waals surface area (Å²) >= 11 is 5.92. The van der Waals surface area contributed by atoms with Gasteiger partial charge in [-0.1, -0.05) is 17.7 Å². The second-order valence-electron chi connectivity index (χ2n) is 6.34. The van der Waals surface area contributed by atoms with E-state index in [-0.39, 0.29) is 6.61 Å². The van der Waals surface area contributed by atoms with Crippen molar-refractivity contribution in [2.45, 2.75) is 45.8 Å². The zero-order valence-electron chi connectivity index (χ0n) is 13.1. The van der Waals surface area contributed by atoms with Crippen LogP contribution in [-0.2, 0) is 9.31 Å². The van der Waals surface area contributed by atoms with E-state index in [1.165, 1.54) is 0 Å². The van der Waals surface area contributed by atoms with Gasteiger partial charge in [0.05, 0.1) is 17.8 Å². The van der Waals surface area contributed by atoms with Crippen molar-refractivity contribution < 1.29 is 14.4 Å². The number of aliphatic hydroxyl groups is 1. The molecule has 0 saturated carbocycles. The molecule has 0 atom stereocenters. The van der Waals surface area contributed by atoms with E-state index in [0.29, 0.717) is 10.6 Å². The highest BCUT2D eigenvalue weighted by molar-refractivity contribution is 6.55. The largest absolute Gasteiger partial charge is 0.492 e. The van der Waals surface area contributed by atoms with E-state index < -0.39 is 18.3 Å². The van der Waals surface area contributed by atoms with Gasteiger partial charge < -0.3 is 14.4 Å². The second-order valence-corrected chi connectivity index (χ2v) is 6.70. The van der Waals surface area contributed by atoms with Gasteiger partial charge in [-0.2, -0.15) is 0 Å². The van der Waals surface area contributed by atoms with Crippen molar-refractivity contribution in [3.05, 3.63) is 34.0 Å². The lowest BCUT2D eigenvalue weighted by molar-refractivity contribution is 0.00578. The minimum atomic E-state index is -0.559. The van der Waals surface area contributed by atoms with Crippen LogP contribution in [0.2, 0.25) is 5.15 Å². The highest BCUT2D eigenvalue weighted by Gasteiger charge is 2.52. The van der Waals surface area contributed by atoms with E-state index >= 15 is 0 Å². The Balaban J connectivity index is 2.28. The number of hydrogen-bond donors (Lipinski definition) is 1. The first kappa shape index (κ1) is 16.5. The third kappa shape index (κ3) is 3.32. The van der Waals surface area contributed by atoms with Crippen molar-refractivity contribution in [3.63, 3.8) is 0 Å². The van der Waals surface area contributed by atoms with Crippen molar-refractivity contribution in [1.82, 2.24) is 4.98 Å². The molecule has 21 heavy (non-hydrogen) atoms. The molecule has 1 saturated heterocycles. The molecule has 0 bridgehead atoms. The van der Waals surface area contributed by atoms with Crippen LogP contribution in [0.1, 0.15) is 38.8 Å². The van der Waals surface area contributed by atoms with Crippen molar-refractivity contribution in [3.8, 4) is 0 Å². The number of nitrogens with zero attached hydrogens (tertiary/aromatic N) is 1. The third-order valence-corrected chi connectivity index (χ3v) is 4.52. The maximum Gasteiger partial charge on any atom is 0.492 e. The molecular formula is C15H21BClNO3. The molecule has 0 unspecified atom stereocenters. The first-order chi connectivity index (χ1) is 9.66. The molecule has 1 aliphatic heterocycles. The van der Waals surface area contributed by atoms with Gasteiger partial charge in [0.25, 0.3) is 0 Å². The highest BCUT2D eigenvalue weighted by atomic mass is 35.5. The van der Waals surface area contributed by atoms with Crippen LogP contribution in [0.15, 0.2) is 17.7 Å². The molecule has 1 aliphatic rings. The molecule has 6 heteroatoms. The smallest absolute Gasteiger partial charge is 0.400 e. The second kappa shape index (κ2) is 5.73. The summed E-state index contributed by atoms with van der Waals surface area (Å²) in [6, 6.07) is 1.91. The van der Waals surface area contributed by atoms with Gasteiger partial charge in [-0.15, -0.1) is 0 Å². The molecule has 0 aliphatic carbocycles. The maximum atomic E-state index is 9.64. The van der Waals surface area contributed by atoms with E-state index in [1.807, 2.05) is 46.8 Å². The van der Waals surface area contributed by atoms with Crippen LogP contribution in [-0.4, -0.2) is 35.0 Å². The van der Waals surface area contributed by atoms with E-state index in [2.05, 4.69) is 4.98 Å². The topological polar surface area (TPSA) is 51.6 Å². The summed E-state index contributed by atoms with van der Waals surface area (Å²) in [4.78, 5) is 4.11. The fraction of sp³-hybridized carbons (Fsp3) is 0.533. The number of hydrogen-bond acceptors (Lipinski definition) is 4. The minimum Gasteiger partial charge on any atom is -0.400 e. The standard InChI is InChI=1S/C15H21BClNO3/c1-10-6-11(8-18-13(10)17)7-12(9-19)16-20-14(2,3)15(4,5)21-16/h6-8,19H,9H2,1-5H3. The Morgan fingerprint density at radius 2 is 1.90 bits per heavy atom. The monoisotopic (exact) mass is 309 g/mol. The first-order valence-electron chi connectivity index (χ1n) is 6.95. The van der Waals surface area contributed by atoms with Gasteiger partial charge in [0.2, 0.25) is 0 Å². The van der Waals surface area contributed by atoms with Crippen LogP contribution in [0.3, 0.4) is 0 Å². The molecule has 0 aromatic carbocycles. The zero-order valence-corrected chi connectivity index (χ0v) is 13.9. The van der Waals surface area contributed by atoms with Crippen LogP contribution in [0, 0.1) is 6.92 Å². The predicted molar refractivity (Wildman–Crippen MR) is 85.1 cm³/mol. The average Bonchev–Trinajstić information content (AvgIpc) is 2.59. The third-order valence-electron chi connectivity index (χ3n) is 4.13. The molecule has 1 N–H and O–H groups in total. The Kier molecular flexibility index (Phi) is 4.50. The fourth-order valence-corrected chi connectivity index (χ4v) is 2.16. The van der Waals surface area contributed by atoms with Crippen molar-refractivity contribution in [2.24, 2.45) is 0 Å². The fourth-order valence-electron chi connectivity index (χ4n) is 2.06. The van der Waals surface area contributed by atoms with E-state index in [1.54, 1.807) is 6.20 Å².